The molecule has 14 rings (SSSR count). The van der Waals surface area contributed by atoms with Crippen molar-refractivity contribution in [2.24, 2.45) is 0 Å². The molecule has 72 heavy (non-hydrogen) atoms. The van der Waals surface area contributed by atoms with E-state index in [1.54, 1.807) is 48.8 Å². The molecule has 6 aromatic heterocycles. The second-order valence-electron chi connectivity index (χ2n) is 17.2. The molecule has 0 fully saturated rings. The van der Waals surface area contributed by atoms with E-state index in [0.717, 1.165) is 10.8 Å². The Labute approximate surface area is 397 Å². The lowest BCUT2D eigenvalue weighted by Gasteiger charge is -2.24. The van der Waals surface area contributed by atoms with E-state index in [1.165, 1.54) is 12.1 Å². The minimum absolute atomic E-state index is 0.0240. The van der Waals surface area contributed by atoms with Gasteiger partial charge in [-0.1, -0.05) is 66.7 Å². The van der Waals surface area contributed by atoms with E-state index < -0.39 is 86.5 Å². The van der Waals surface area contributed by atoms with Gasteiger partial charge >= 0.3 is 0 Å². The van der Waals surface area contributed by atoms with Crippen molar-refractivity contribution >= 4 is 65.7 Å². The minimum atomic E-state index is -2.49. The van der Waals surface area contributed by atoms with Crippen molar-refractivity contribution in [1.82, 2.24) is 38.6 Å². The number of aromatic nitrogens is 8. The first-order chi connectivity index (χ1) is 35.0. The summed E-state index contributed by atoms with van der Waals surface area (Å²) in [4.78, 5) is 22.4. The van der Waals surface area contributed by atoms with Gasteiger partial charge in [-0.3, -0.25) is 9.97 Å². The van der Waals surface area contributed by atoms with E-state index in [2.05, 4.69) is 15.0 Å². The number of para-hydroxylation sites is 3. The normalized spacial score (nSPS) is 12.2. The number of rotatable bonds is 3. The summed E-state index contributed by atoms with van der Waals surface area (Å²) in [5, 5.41) is 2.95. The number of halogens is 9. The van der Waals surface area contributed by atoms with Gasteiger partial charge in [0.25, 0.3) is 0 Å². The van der Waals surface area contributed by atoms with Crippen molar-refractivity contribution in [2.75, 3.05) is 0 Å². The van der Waals surface area contributed by atoms with Gasteiger partial charge in [0.2, 0.25) is 5.82 Å². The first kappa shape index (κ1) is 41.6. The minimum Gasteiger partial charge on any atom is -0.307 e. The average Bonchev–Trinajstić information content (AvgIpc) is 4.05. The SMILES string of the molecule is Fc1c(F)c(F)c(-c2nc3nc(n2)-c2c(F)c(F)c(F)c(F)c2-c2ccc4c5ccccc5n(c4c2)-c2cc-3cc(-n3c4ccccc4c4ccccc43)c2-n2c3cccnc3c3ncccc32)c(F)c1F. The van der Waals surface area contributed by atoms with Gasteiger partial charge in [-0.25, -0.2) is 54.5 Å². The lowest BCUT2D eigenvalue weighted by molar-refractivity contribution is 0.381. The highest BCUT2D eigenvalue weighted by atomic mass is 19.2. The van der Waals surface area contributed by atoms with Gasteiger partial charge in [-0.15, -0.1) is 0 Å². The van der Waals surface area contributed by atoms with Gasteiger partial charge in [0, 0.05) is 45.1 Å². The first-order valence-corrected chi connectivity index (χ1v) is 22.1. The molecule has 0 spiro atoms. The monoisotopic (exact) mass is 966 g/mol. The Morgan fingerprint density at radius 3 is 1.24 bits per heavy atom. The average molecular weight is 967 g/mol. The molecule has 0 amide bonds. The number of hydrogen-bond acceptors (Lipinski definition) is 5. The number of nitrogens with zero attached hydrogens (tertiary/aromatic N) is 8. The molecule has 13 aromatic rings. The summed E-state index contributed by atoms with van der Waals surface area (Å²) in [6.07, 6.45) is 3.28. The molecule has 8 nitrogen and oxygen atoms in total. The quantitative estimate of drug-likeness (QED) is 0.100. The van der Waals surface area contributed by atoms with Gasteiger partial charge in [-0.2, -0.15) is 0 Å². The van der Waals surface area contributed by atoms with E-state index in [-0.39, 0.29) is 11.1 Å². The molecule has 0 unspecified atom stereocenters. The van der Waals surface area contributed by atoms with Gasteiger partial charge < -0.3 is 13.7 Å². The molecule has 7 aromatic carbocycles. The summed E-state index contributed by atoms with van der Waals surface area (Å²) in [6.45, 7) is 0. The van der Waals surface area contributed by atoms with E-state index in [9.17, 15) is 4.39 Å². The lowest BCUT2D eigenvalue weighted by Crippen LogP contribution is -2.12. The van der Waals surface area contributed by atoms with Crippen LogP contribution in [-0.4, -0.2) is 38.6 Å². The van der Waals surface area contributed by atoms with Crippen LogP contribution >= 0.6 is 0 Å². The molecule has 0 aliphatic carbocycles. The Hall–Kier alpha value is -9.38. The molecular weight excluding hydrogens is 944 g/mol. The van der Waals surface area contributed by atoms with Crippen LogP contribution in [0.5, 0.6) is 0 Å². The summed E-state index contributed by atoms with van der Waals surface area (Å²) in [6, 6.07) is 37.5. The molecule has 6 bridgehead atoms. The third kappa shape index (κ3) is 5.46. The topological polar surface area (TPSA) is 79.2 Å². The largest absolute Gasteiger partial charge is 0.307 e. The second-order valence-corrected chi connectivity index (χ2v) is 17.2. The molecule has 0 atom stereocenters. The van der Waals surface area contributed by atoms with E-state index in [1.807, 2.05) is 92.6 Å². The summed E-state index contributed by atoms with van der Waals surface area (Å²) in [5.74, 6) is -23.2. The van der Waals surface area contributed by atoms with Crippen LogP contribution in [-0.2, 0) is 0 Å². The maximum atomic E-state index is 16.8. The van der Waals surface area contributed by atoms with Crippen molar-refractivity contribution in [3.8, 4) is 62.4 Å². The Bertz CT molecular complexity index is 4460. The standard InChI is InChI=1S/C55H23F9N8/c56-41-38-24-17-18-29-28-11-3-6-14-32(28)71(35(29)21-24)37-23-25(53-67-54(39(38)42(57)46(61)45(41)60)69-55(68-53)40-43(58)47(62)49(64)48(63)44(40)59)22-36(70-30-12-4-1-9-26(30)27-10-2-5-13-31(27)70)52(37)72-33-15-7-19-65-50(33)51-34(72)16-8-20-66-51/h1-23H. The molecule has 0 saturated carbocycles. The van der Waals surface area contributed by atoms with Crippen LogP contribution < -0.4 is 0 Å². The van der Waals surface area contributed by atoms with Gasteiger partial charge in [-0.05, 0) is 66.2 Å². The molecule has 346 valence electrons. The summed E-state index contributed by atoms with van der Waals surface area (Å²) in [7, 11) is 0. The molecule has 0 N–H and O–H groups in total. The van der Waals surface area contributed by atoms with Crippen molar-refractivity contribution in [3.63, 3.8) is 0 Å². The van der Waals surface area contributed by atoms with Crippen LogP contribution in [0.3, 0.4) is 0 Å². The van der Waals surface area contributed by atoms with Crippen LogP contribution in [0.2, 0.25) is 0 Å². The zero-order valence-electron chi connectivity index (χ0n) is 36.3. The number of benzene rings is 7. The van der Waals surface area contributed by atoms with Gasteiger partial charge in [0.05, 0.1) is 61.3 Å². The fourth-order valence-electron chi connectivity index (χ4n) is 10.4. The summed E-state index contributed by atoms with van der Waals surface area (Å²) >= 11 is 0. The van der Waals surface area contributed by atoms with Crippen LogP contribution in [0.15, 0.2) is 140 Å². The molecule has 1 aliphatic rings. The van der Waals surface area contributed by atoms with E-state index in [4.69, 9.17) is 9.97 Å². The zero-order chi connectivity index (χ0) is 49.0. The predicted molar refractivity (Wildman–Crippen MR) is 253 cm³/mol. The number of fused-ring (bicyclic) bond motifs is 19. The molecule has 1 aliphatic heterocycles. The fraction of sp³-hybridized carbons (Fsp3) is 0. The third-order valence-electron chi connectivity index (χ3n) is 13.4. The summed E-state index contributed by atoms with van der Waals surface area (Å²) in [5.41, 5.74) is 1.87. The van der Waals surface area contributed by atoms with E-state index in [0.29, 0.717) is 72.0 Å². The Balaban J connectivity index is 1.27. The van der Waals surface area contributed by atoms with Crippen molar-refractivity contribution in [2.45, 2.75) is 0 Å². The first-order valence-electron chi connectivity index (χ1n) is 22.1. The van der Waals surface area contributed by atoms with Crippen molar-refractivity contribution in [1.29, 1.82) is 0 Å². The number of hydrogen-bond donors (Lipinski definition) is 0. The zero-order valence-corrected chi connectivity index (χ0v) is 36.3. The highest BCUT2D eigenvalue weighted by Crippen LogP contribution is 2.47. The maximum Gasteiger partial charge on any atom is 0.200 e. The Kier molecular flexibility index (Phi) is 8.56. The Morgan fingerprint density at radius 1 is 0.306 bits per heavy atom. The lowest BCUT2D eigenvalue weighted by atomic mass is 9.95. The van der Waals surface area contributed by atoms with Gasteiger partial charge in [0.1, 0.15) is 11.0 Å². The van der Waals surface area contributed by atoms with Crippen molar-refractivity contribution in [3.05, 3.63) is 192 Å². The molecule has 7 heterocycles. The predicted octanol–water partition coefficient (Wildman–Crippen LogP) is 14.2. The number of pyridine rings is 2. The maximum absolute atomic E-state index is 16.8. The summed E-state index contributed by atoms with van der Waals surface area (Å²) < 4.78 is 148. The molecule has 0 radical (unpaired) electrons. The van der Waals surface area contributed by atoms with Crippen LogP contribution in [0.1, 0.15) is 0 Å². The molecule has 0 saturated heterocycles. The van der Waals surface area contributed by atoms with Crippen molar-refractivity contribution < 1.29 is 39.5 Å². The fourth-order valence-corrected chi connectivity index (χ4v) is 10.4. The third-order valence-corrected chi connectivity index (χ3v) is 13.4. The van der Waals surface area contributed by atoms with Gasteiger partial charge in [0.15, 0.2) is 64.0 Å². The van der Waals surface area contributed by atoms with Crippen LogP contribution in [0.25, 0.3) is 128 Å². The molecular formula is C55H23F9N8. The Morgan fingerprint density at radius 2 is 0.708 bits per heavy atom. The molecule has 17 heteroatoms. The van der Waals surface area contributed by atoms with Crippen LogP contribution in [0.4, 0.5) is 39.5 Å². The second kappa shape index (κ2) is 14.8. The highest BCUT2D eigenvalue weighted by molar-refractivity contribution is 6.13. The van der Waals surface area contributed by atoms with Crippen LogP contribution in [0, 0.1) is 52.4 Å². The van der Waals surface area contributed by atoms with E-state index >= 15 is 35.1 Å². The highest BCUT2D eigenvalue weighted by Gasteiger charge is 2.35. The smallest absolute Gasteiger partial charge is 0.200 e.